The van der Waals surface area contributed by atoms with Crippen molar-refractivity contribution in [3.8, 4) is 0 Å². The minimum Gasteiger partial charge on any atom is -0.469 e. The molecule has 0 spiro atoms. The zero-order chi connectivity index (χ0) is 13.1. The molecule has 1 aromatic carbocycles. The minimum atomic E-state index is 0.309. The molecule has 1 N–H and O–H groups in total. The van der Waals surface area contributed by atoms with Crippen LogP contribution in [-0.2, 0) is 6.42 Å². The first kappa shape index (κ1) is 12.9. The second-order valence-electron chi connectivity index (χ2n) is 4.91. The number of benzene rings is 1. The van der Waals surface area contributed by atoms with E-state index in [0.29, 0.717) is 6.04 Å². The summed E-state index contributed by atoms with van der Waals surface area (Å²) in [4.78, 5) is 0. The third kappa shape index (κ3) is 2.65. The van der Waals surface area contributed by atoms with E-state index in [4.69, 9.17) is 4.42 Å². The molecule has 0 radical (unpaired) electrons. The van der Waals surface area contributed by atoms with Crippen molar-refractivity contribution < 1.29 is 4.42 Å². The second-order valence-corrected chi connectivity index (χ2v) is 4.91. The zero-order valence-corrected chi connectivity index (χ0v) is 11.6. The molecule has 0 bridgehead atoms. The summed E-state index contributed by atoms with van der Waals surface area (Å²) in [6.07, 6.45) is 2.75. The fourth-order valence-corrected chi connectivity index (χ4v) is 2.36. The summed E-state index contributed by atoms with van der Waals surface area (Å²) in [5.41, 5.74) is 5.31. The lowest BCUT2D eigenvalue weighted by atomic mass is 9.95. The Labute approximate surface area is 109 Å². The Kier molecular flexibility index (Phi) is 3.87. The topological polar surface area (TPSA) is 25.2 Å². The van der Waals surface area contributed by atoms with Crippen LogP contribution in [0.3, 0.4) is 0 Å². The van der Waals surface area contributed by atoms with Crippen LogP contribution in [0.2, 0.25) is 0 Å². The number of aryl methyl sites for hydroxylation is 3. The van der Waals surface area contributed by atoms with Crippen LogP contribution in [-0.4, -0.2) is 7.05 Å². The Balaban J connectivity index is 2.26. The van der Waals surface area contributed by atoms with Crippen LogP contribution >= 0.6 is 0 Å². The van der Waals surface area contributed by atoms with Gasteiger partial charge in [-0.15, -0.1) is 0 Å². The van der Waals surface area contributed by atoms with Crippen molar-refractivity contribution in [3.05, 3.63) is 58.5 Å². The van der Waals surface area contributed by atoms with Crippen LogP contribution in [0.1, 0.15) is 34.1 Å². The van der Waals surface area contributed by atoms with E-state index in [1.807, 2.05) is 14.0 Å². The molecular formula is C16H21NO. The van der Waals surface area contributed by atoms with Crippen molar-refractivity contribution in [2.75, 3.05) is 7.05 Å². The van der Waals surface area contributed by atoms with E-state index in [-0.39, 0.29) is 0 Å². The van der Waals surface area contributed by atoms with Crippen molar-refractivity contribution >= 4 is 0 Å². The van der Waals surface area contributed by atoms with Gasteiger partial charge in [0, 0.05) is 11.6 Å². The number of rotatable bonds is 4. The van der Waals surface area contributed by atoms with Gasteiger partial charge in [0.15, 0.2) is 0 Å². The molecule has 0 saturated carbocycles. The third-order valence-corrected chi connectivity index (χ3v) is 3.55. The van der Waals surface area contributed by atoms with Crippen molar-refractivity contribution in [2.45, 2.75) is 33.2 Å². The quantitative estimate of drug-likeness (QED) is 0.885. The maximum absolute atomic E-state index is 5.40. The molecule has 96 valence electrons. The predicted octanol–water partition coefficient (Wildman–Crippen LogP) is 3.71. The fraction of sp³-hybridized carbons (Fsp3) is 0.375. The number of nitrogens with one attached hydrogen (secondary N) is 1. The van der Waals surface area contributed by atoms with Crippen LogP contribution in [0.4, 0.5) is 0 Å². The molecule has 0 amide bonds. The summed E-state index contributed by atoms with van der Waals surface area (Å²) < 4.78 is 5.40. The van der Waals surface area contributed by atoms with Crippen molar-refractivity contribution in [2.24, 2.45) is 0 Å². The van der Waals surface area contributed by atoms with Gasteiger partial charge in [0.25, 0.3) is 0 Å². The molecule has 0 saturated heterocycles. The molecule has 2 rings (SSSR count). The van der Waals surface area contributed by atoms with E-state index in [0.717, 1.165) is 12.2 Å². The van der Waals surface area contributed by atoms with Gasteiger partial charge in [-0.3, -0.25) is 0 Å². The van der Waals surface area contributed by atoms with Gasteiger partial charge >= 0.3 is 0 Å². The van der Waals surface area contributed by atoms with Gasteiger partial charge in [0.05, 0.1) is 6.26 Å². The number of likely N-dealkylation sites (N-methyl/N-ethyl adjacent to an activating group) is 1. The molecule has 1 heterocycles. The highest BCUT2D eigenvalue weighted by Gasteiger charge is 2.15. The average molecular weight is 243 g/mol. The lowest BCUT2D eigenvalue weighted by molar-refractivity contribution is 0.511. The largest absolute Gasteiger partial charge is 0.469 e. The molecule has 1 unspecified atom stereocenters. The minimum absolute atomic E-state index is 0.309. The fourth-order valence-electron chi connectivity index (χ4n) is 2.36. The first-order valence-electron chi connectivity index (χ1n) is 6.39. The molecule has 0 fully saturated rings. The first-order valence-corrected chi connectivity index (χ1v) is 6.39. The van der Waals surface area contributed by atoms with Gasteiger partial charge in [-0.1, -0.05) is 23.8 Å². The molecule has 0 aliphatic heterocycles. The Bertz CT molecular complexity index is 528. The number of hydrogen-bond acceptors (Lipinski definition) is 2. The molecule has 18 heavy (non-hydrogen) atoms. The molecule has 1 atom stereocenters. The van der Waals surface area contributed by atoms with Gasteiger partial charge in [0.1, 0.15) is 5.76 Å². The smallest absolute Gasteiger partial charge is 0.105 e. The van der Waals surface area contributed by atoms with Gasteiger partial charge in [-0.25, -0.2) is 0 Å². The molecule has 0 aliphatic carbocycles. The molecule has 2 aromatic rings. The van der Waals surface area contributed by atoms with E-state index in [9.17, 15) is 0 Å². The molecule has 2 nitrogen and oxygen atoms in total. The first-order chi connectivity index (χ1) is 8.61. The standard InChI is InChI=1S/C16H21NO/c1-11-5-6-12(2)14(9-11)10-16(17-4)15-7-8-18-13(15)3/h5-9,16-17H,10H2,1-4H3. The van der Waals surface area contributed by atoms with E-state index >= 15 is 0 Å². The highest BCUT2D eigenvalue weighted by Crippen LogP contribution is 2.24. The Morgan fingerprint density at radius 2 is 1.94 bits per heavy atom. The van der Waals surface area contributed by atoms with Gasteiger partial charge < -0.3 is 9.73 Å². The summed E-state index contributed by atoms with van der Waals surface area (Å²) in [6.45, 7) is 6.33. The lowest BCUT2D eigenvalue weighted by Crippen LogP contribution is -2.19. The maximum Gasteiger partial charge on any atom is 0.105 e. The molecule has 1 aromatic heterocycles. The van der Waals surface area contributed by atoms with E-state index in [1.54, 1.807) is 6.26 Å². The van der Waals surface area contributed by atoms with Crippen LogP contribution < -0.4 is 5.32 Å². The molecular weight excluding hydrogens is 222 g/mol. The molecule has 2 heteroatoms. The Morgan fingerprint density at radius 1 is 1.17 bits per heavy atom. The average Bonchev–Trinajstić information content (AvgIpc) is 2.77. The number of hydrogen-bond donors (Lipinski definition) is 1. The van der Waals surface area contributed by atoms with Gasteiger partial charge in [0.2, 0.25) is 0 Å². The van der Waals surface area contributed by atoms with E-state index in [1.165, 1.54) is 22.3 Å². The highest BCUT2D eigenvalue weighted by atomic mass is 16.3. The molecule has 0 aliphatic rings. The van der Waals surface area contributed by atoms with Gasteiger partial charge in [-0.05, 0) is 51.4 Å². The van der Waals surface area contributed by atoms with Crippen molar-refractivity contribution in [1.82, 2.24) is 5.32 Å². The van der Waals surface area contributed by atoms with Crippen LogP contribution in [0.15, 0.2) is 34.9 Å². The van der Waals surface area contributed by atoms with Gasteiger partial charge in [-0.2, -0.15) is 0 Å². The van der Waals surface area contributed by atoms with Crippen molar-refractivity contribution in [3.63, 3.8) is 0 Å². The van der Waals surface area contributed by atoms with Crippen molar-refractivity contribution in [1.29, 1.82) is 0 Å². The lowest BCUT2D eigenvalue weighted by Gasteiger charge is -2.17. The monoisotopic (exact) mass is 243 g/mol. The number of furan rings is 1. The third-order valence-electron chi connectivity index (χ3n) is 3.55. The zero-order valence-electron chi connectivity index (χ0n) is 11.6. The summed E-state index contributed by atoms with van der Waals surface area (Å²) in [5.74, 6) is 1.000. The van der Waals surface area contributed by atoms with Crippen LogP contribution in [0.5, 0.6) is 0 Å². The van der Waals surface area contributed by atoms with Crippen LogP contribution in [0.25, 0.3) is 0 Å². The van der Waals surface area contributed by atoms with E-state index in [2.05, 4.69) is 43.4 Å². The second kappa shape index (κ2) is 5.40. The summed E-state index contributed by atoms with van der Waals surface area (Å²) in [6, 6.07) is 9.00. The van der Waals surface area contributed by atoms with Crippen LogP contribution in [0, 0.1) is 20.8 Å². The Hall–Kier alpha value is -1.54. The predicted molar refractivity (Wildman–Crippen MR) is 74.9 cm³/mol. The summed E-state index contributed by atoms with van der Waals surface area (Å²) in [7, 11) is 2.00. The summed E-state index contributed by atoms with van der Waals surface area (Å²) >= 11 is 0. The highest BCUT2D eigenvalue weighted by molar-refractivity contribution is 5.33. The Morgan fingerprint density at radius 3 is 2.56 bits per heavy atom. The normalized spacial score (nSPS) is 12.7. The summed E-state index contributed by atoms with van der Waals surface area (Å²) in [5, 5.41) is 3.38. The maximum atomic E-state index is 5.40. The SMILES string of the molecule is CNC(Cc1cc(C)ccc1C)c1ccoc1C. The van der Waals surface area contributed by atoms with E-state index < -0.39 is 0 Å².